The number of ether oxygens (including phenoxy) is 3. The number of esters is 1. The molecule has 0 aromatic heterocycles. The molecule has 2 rings (SSSR count). The van der Waals surface area contributed by atoms with Gasteiger partial charge in [-0.15, -0.1) is 0 Å². The van der Waals surface area contributed by atoms with E-state index in [0.29, 0.717) is 30.2 Å². The number of methoxy groups -OCH3 is 2. The van der Waals surface area contributed by atoms with Crippen LogP contribution in [0, 0.1) is 0 Å². The van der Waals surface area contributed by atoms with Gasteiger partial charge < -0.3 is 14.2 Å². The van der Waals surface area contributed by atoms with Crippen LogP contribution in [0.1, 0.15) is 29.8 Å². The Balaban J connectivity index is 1.99. The summed E-state index contributed by atoms with van der Waals surface area (Å²) in [6.07, 6.45) is 2.65. The molecular formula is C23H27NO7S. The summed E-state index contributed by atoms with van der Waals surface area (Å²) in [5, 5.41) is 0. The Hall–Kier alpha value is -3.17. The fourth-order valence-electron chi connectivity index (χ4n) is 2.92. The van der Waals surface area contributed by atoms with Crippen molar-refractivity contribution in [1.29, 1.82) is 0 Å². The van der Waals surface area contributed by atoms with Gasteiger partial charge in [0.15, 0.2) is 6.61 Å². The summed E-state index contributed by atoms with van der Waals surface area (Å²) in [6.45, 7) is 3.87. The van der Waals surface area contributed by atoms with Crippen molar-refractivity contribution in [3.63, 3.8) is 0 Å². The number of sulfonamides is 1. The van der Waals surface area contributed by atoms with Crippen LogP contribution >= 0.6 is 0 Å². The van der Waals surface area contributed by atoms with Gasteiger partial charge in [0.25, 0.3) is 0 Å². The molecule has 8 nitrogen and oxygen atoms in total. The average molecular weight is 462 g/mol. The highest BCUT2D eigenvalue weighted by molar-refractivity contribution is 7.89. The number of carbonyl (C=O) groups is 2. The first-order valence-electron chi connectivity index (χ1n) is 9.97. The van der Waals surface area contributed by atoms with Gasteiger partial charge in [0.2, 0.25) is 15.8 Å². The molecule has 172 valence electrons. The largest absolute Gasteiger partial charge is 0.497 e. The molecule has 32 heavy (non-hydrogen) atoms. The fourth-order valence-corrected chi connectivity index (χ4v) is 4.38. The zero-order valence-electron chi connectivity index (χ0n) is 18.5. The predicted octanol–water partition coefficient (Wildman–Crippen LogP) is 3.17. The van der Waals surface area contributed by atoms with Gasteiger partial charge in [0, 0.05) is 25.2 Å². The number of carbonyl (C=O) groups excluding carboxylic acids is 2. The molecule has 9 heteroatoms. The minimum atomic E-state index is -3.54. The second kappa shape index (κ2) is 11.4. The second-order valence-electron chi connectivity index (χ2n) is 6.59. The van der Waals surface area contributed by atoms with Crippen molar-refractivity contribution in [2.75, 3.05) is 33.9 Å². The summed E-state index contributed by atoms with van der Waals surface area (Å²) in [5.74, 6) is -0.266. The molecule has 0 saturated heterocycles. The maximum Gasteiger partial charge on any atom is 0.331 e. The first-order valence-corrected chi connectivity index (χ1v) is 11.4. The molecule has 0 aliphatic heterocycles. The Bertz CT molecular complexity index is 1070. The van der Waals surface area contributed by atoms with Crippen LogP contribution in [0.15, 0.2) is 53.4 Å². The van der Waals surface area contributed by atoms with Crippen molar-refractivity contribution >= 4 is 27.9 Å². The van der Waals surface area contributed by atoms with E-state index in [-0.39, 0.29) is 10.5 Å². The van der Waals surface area contributed by atoms with Gasteiger partial charge >= 0.3 is 5.97 Å². The highest BCUT2D eigenvalue weighted by Crippen LogP contribution is 2.25. The molecule has 0 amide bonds. The van der Waals surface area contributed by atoms with Crippen LogP contribution in [-0.4, -0.2) is 58.4 Å². The molecule has 2 aromatic carbocycles. The smallest absolute Gasteiger partial charge is 0.331 e. The number of nitrogens with zero attached hydrogens (tertiary/aromatic N) is 1. The third kappa shape index (κ3) is 6.18. The third-order valence-corrected chi connectivity index (χ3v) is 6.75. The summed E-state index contributed by atoms with van der Waals surface area (Å²) in [6, 6.07) is 10.9. The van der Waals surface area contributed by atoms with Gasteiger partial charge in [-0.1, -0.05) is 26.0 Å². The summed E-state index contributed by atoms with van der Waals surface area (Å²) in [4.78, 5) is 24.5. The van der Waals surface area contributed by atoms with Crippen LogP contribution in [-0.2, 0) is 19.6 Å². The monoisotopic (exact) mass is 461 g/mol. The fraction of sp³-hybridized carbons (Fsp3) is 0.304. The lowest BCUT2D eigenvalue weighted by atomic mass is 10.1. The van der Waals surface area contributed by atoms with Gasteiger partial charge in [0.05, 0.1) is 24.7 Å². The number of rotatable bonds is 11. The van der Waals surface area contributed by atoms with Crippen molar-refractivity contribution in [3.05, 3.63) is 59.7 Å². The Morgan fingerprint density at radius 3 is 2.19 bits per heavy atom. The topological polar surface area (TPSA) is 99.2 Å². The number of hydrogen-bond donors (Lipinski definition) is 0. The molecule has 0 radical (unpaired) electrons. The van der Waals surface area contributed by atoms with Gasteiger partial charge in [-0.25, -0.2) is 13.2 Å². The van der Waals surface area contributed by atoms with Crippen LogP contribution in [0.25, 0.3) is 6.08 Å². The molecule has 0 aliphatic carbocycles. The van der Waals surface area contributed by atoms with E-state index < -0.39 is 28.4 Å². The number of ketones is 1. The normalized spacial score (nSPS) is 11.5. The lowest BCUT2D eigenvalue weighted by Gasteiger charge is -2.18. The minimum Gasteiger partial charge on any atom is -0.497 e. The third-order valence-electron chi connectivity index (χ3n) is 4.69. The Kier molecular flexibility index (Phi) is 8.98. The van der Waals surface area contributed by atoms with Crippen molar-refractivity contribution in [2.45, 2.75) is 18.7 Å². The standard InChI is InChI=1S/C23H27NO7S/c1-5-24(6-2)32(27,28)19-11-7-17(8-12-19)9-14-23(26)31-16-21(25)20-13-10-18(29-3)15-22(20)30-4/h7-15H,5-6,16H2,1-4H3. The molecule has 0 heterocycles. The van der Waals surface area contributed by atoms with Crippen molar-refractivity contribution < 1.29 is 32.2 Å². The van der Waals surface area contributed by atoms with E-state index in [2.05, 4.69) is 0 Å². The van der Waals surface area contributed by atoms with Crippen LogP contribution < -0.4 is 9.47 Å². The Labute approximate surface area is 188 Å². The molecule has 0 fully saturated rings. The average Bonchev–Trinajstić information content (AvgIpc) is 2.81. The van der Waals surface area contributed by atoms with Gasteiger partial charge in [-0.2, -0.15) is 4.31 Å². The lowest BCUT2D eigenvalue weighted by Crippen LogP contribution is -2.30. The Morgan fingerprint density at radius 1 is 0.969 bits per heavy atom. The first-order chi connectivity index (χ1) is 15.3. The molecule has 0 N–H and O–H groups in total. The Morgan fingerprint density at radius 2 is 1.62 bits per heavy atom. The number of benzene rings is 2. The predicted molar refractivity (Wildman–Crippen MR) is 120 cm³/mol. The van der Waals surface area contributed by atoms with E-state index >= 15 is 0 Å². The van der Waals surface area contributed by atoms with Crippen molar-refractivity contribution in [1.82, 2.24) is 4.31 Å². The lowest BCUT2D eigenvalue weighted by molar-refractivity contribution is -0.136. The molecule has 0 spiro atoms. The van der Waals surface area contributed by atoms with E-state index in [0.717, 1.165) is 0 Å². The summed E-state index contributed by atoms with van der Waals surface area (Å²) in [7, 11) is -0.611. The molecule has 0 unspecified atom stereocenters. The molecule has 0 saturated carbocycles. The van der Waals surface area contributed by atoms with Crippen LogP contribution in [0.4, 0.5) is 0 Å². The zero-order chi connectivity index (χ0) is 23.7. The molecular weight excluding hydrogens is 434 g/mol. The van der Waals surface area contributed by atoms with E-state index in [1.807, 2.05) is 0 Å². The second-order valence-corrected chi connectivity index (χ2v) is 8.53. The van der Waals surface area contributed by atoms with E-state index in [1.54, 1.807) is 38.1 Å². The minimum absolute atomic E-state index is 0.181. The van der Waals surface area contributed by atoms with Crippen LogP contribution in [0.5, 0.6) is 11.5 Å². The molecule has 0 bridgehead atoms. The number of Topliss-reactive ketones (excluding diaryl/α,β-unsaturated/α-hetero) is 1. The first kappa shape index (κ1) is 25.1. The quantitative estimate of drug-likeness (QED) is 0.288. The maximum absolute atomic E-state index is 12.5. The highest BCUT2D eigenvalue weighted by atomic mass is 32.2. The number of hydrogen-bond acceptors (Lipinski definition) is 7. The zero-order valence-corrected chi connectivity index (χ0v) is 19.3. The van der Waals surface area contributed by atoms with Crippen LogP contribution in [0.2, 0.25) is 0 Å². The van der Waals surface area contributed by atoms with E-state index in [9.17, 15) is 18.0 Å². The van der Waals surface area contributed by atoms with E-state index in [1.165, 1.54) is 48.9 Å². The van der Waals surface area contributed by atoms with Gasteiger partial charge in [-0.05, 0) is 35.9 Å². The molecule has 0 aliphatic rings. The summed E-state index contributed by atoms with van der Waals surface area (Å²) < 4.78 is 41.7. The van der Waals surface area contributed by atoms with Crippen molar-refractivity contribution in [2.24, 2.45) is 0 Å². The summed E-state index contributed by atoms with van der Waals surface area (Å²) >= 11 is 0. The van der Waals surface area contributed by atoms with Crippen molar-refractivity contribution in [3.8, 4) is 11.5 Å². The van der Waals surface area contributed by atoms with E-state index in [4.69, 9.17) is 14.2 Å². The summed E-state index contributed by atoms with van der Waals surface area (Å²) in [5.41, 5.74) is 0.888. The SMILES string of the molecule is CCN(CC)S(=O)(=O)c1ccc(C=CC(=O)OCC(=O)c2ccc(OC)cc2OC)cc1. The maximum atomic E-state index is 12.5. The highest BCUT2D eigenvalue weighted by Gasteiger charge is 2.21. The van der Waals surface area contributed by atoms with Gasteiger partial charge in [0.1, 0.15) is 11.5 Å². The molecule has 2 aromatic rings. The van der Waals surface area contributed by atoms with Gasteiger partial charge in [-0.3, -0.25) is 4.79 Å². The molecule has 0 atom stereocenters. The van der Waals surface area contributed by atoms with Crippen LogP contribution in [0.3, 0.4) is 0 Å².